The molecule has 0 saturated carbocycles. The predicted octanol–water partition coefficient (Wildman–Crippen LogP) is 3.59. The van der Waals surface area contributed by atoms with E-state index >= 15 is 0 Å². The number of nitrogens with zero attached hydrogens (tertiary/aromatic N) is 2. The smallest absolute Gasteiger partial charge is 0.335 e. The minimum atomic E-state index is -0.915. The highest BCUT2D eigenvalue weighted by Gasteiger charge is 2.18. The molecular weight excluding hydrogens is 340 g/mol. The number of hydrogen-bond donors (Lipinski definition) is 1. The van der Waals surface area contributed by atoms with Crippen LogP contribution in [0.25, 0.3) is 0 Å². The summed E-state index contributed by atoms with van der Waals surface area (Å²) >= 11 is 0. The lowest BCUT2D eigenvalue weighted by Gasteiger charge is -2.37. The van der Waals surface area contributed by atoms with Crippen LogP contribution in [-0.4, -0.2) is 55.3 Å². The van der Waals surface area contributed by atoms with Gasteiger partial charge in [0.2, 0.25) is 0 Å². The lowest BCUT2D eigenvalue weighted by atomic mass is 10.1. The molecule has 0 radical (unpaired) electrons. The van der Waals surface area contributed by atoms with E-state index in [1.165, 1.54) is 16.8 Å². The Balaban J connectivity index is 1.38. The van der Waals surface area contributed by atoms with Gasteiger partial charge in [-0.25, -0.2) is 4.79 Å². The van der Waals surface area contributed by atoms with Gasteiger partial charge in [-0.3, -0.25) is 4.90 Å². The highest BCUT2D eigenvalue weighted by atomic mass is 16.5. The summed E-state index contributed by atoms with van der Waals surface area (Å²) in [7, 11) is 0. The second-order valence-electron chi connectivity index (χ2n) is 7.08. The Hall–Kier alpha value is -2.53. The van der Waals surface area contributed by atoms with Crippen LogP contribution in [0.15, 0.2) is 42.5 Å². The van der Waals surface area contributed by atoms with Crippen LogP contribution in [-0.2, 0) is 0 Å². The minimum Gasteiger partial charge on any atom is -0.494 e. The summed E-state index contributed by atoms with van der Waals surface area (Å²) in [6, 6.07) is 13.1. The van der Waals surface area contributed by atoms with Crippen molar-refractivity contribution in [3.8, 4) is 5.75 Å². The number of aryl methyl sites for hydroxylation is 1. The van der Waals surface area contributed by atoms with Crippen molar-refractivity contribution in [1.29, 1.82) is 0 Å². The molecule has 0 bridgehead atoms. The lowest BCUT2D eigenvalue weighted by molar-refractivity contribution is 0.0697. The van der Waals surface area contributed by atoms with E-state index in [0.717, 1.165) is 44.9 Å². The van der Waals surface area contributed by atoms with Gasteiger partial charge >= 0.3 is 5.97 Å². The van der Waals surface area contributed by atoms with Crippen molar-refractivity contribution in [2.24, 2.45) is 0 Å². The molecule has 1 aliphatic heterocycles. The molecule has 0 aromatic heterocycles. The number of piperazine rings is 1. The molecule has 2 aromatic carbocycles. The zero-order valence-electron chi connectivity index (χ0n) is 16.1. The van der Waals surface area contributed by atoms with Crippen LogP contribution in [0.4, 0.5) is 5.69 Å². The van der Waals surface area contributed by atoms with E-state index in [0.29, 0.717) is 6.61 Å². The molecule has 1 aliphatic rings. The molecule has 0 spiro atoms. The van der Waals surface area contributed by atoms with Crippen LogP contribution in [0.1, 0.15) is 27.9 Å². The third-order valence-electron chi connectivity index (χ3n) is 5.28. The van der Waals surface area contributed by atoms with Gasteiger partial charge in [0, 0.05) is 38.4 Å². The molecule has 0 unspecified atom stereocenters. The maximum Gasteiger partial charge on any atom is 0.335 e. The molecule has 2 aromatic rings. The number of benzene rings is 2. The van der Waals surface area contributed by atoms with E-state index in [1.807, 2.05) is 0 Å². The molecule has 0 aliphatic carbocycles. The number of carboxylic acid groups (broad SMARTS) is 1. The van der Waals surface area contributed by atoms with Gasteiger partial charge < -0.3 is 14.7 Å². The first kappa shape index (κ1) is 19.2. The highest BCUT2D eigenvalue weighted by Crippen LogP contribution is 2.23. The molecule has 1 N–H and O–H groups in total. The lowest BCUT2D eigenvalue weighted by Crippen LogP contribution is -2.47. The zero-order chi connectivity index (χ0) is 19.2. The van der Waals surface area contributed by atoms with Crippen LogP contribution in [0, 0.1) is 13.8 Å². The van der Waals surface area contributed by atoms with E-state index < -0.39 is 5.97 Å². The number of carboxylic acids is 1. The monoisotopic (exact) mass is 368 g/mol. The second kappa shape index (κ2) is 8.91. The van der Waals surface area contributed by atoms with Crippen LogP contribution >= 0.6 is 0 Å². The summed E-state index contributed by atoms with van der Waals surface area (Å²) in [4.78, 5) is 15.8. The Bertz CT molecular complexity index is 766. The average molecular weight is 368 g/mol. The molecule has 144 valence electrons. The van der Waals surface area contributed by atoms with Gasteiger partial charge in [0.05, 0.1) is 12.2 Å². The Kier molecular flexibility index (Phi) is 6.35. The highest BCUT2D eigenvalue weighted by molar-refractivity contribution is 5.87. The number of hydrogen-bond acceptors (Lipinski definition) is 4. The van der Waals surface area contributed by atoms with Crippen molar-refractivity contribution in [2.45, 2.75) is 20.3 Å². The molecule has 5 heteroatoms. The Morgan fingerprint density at radius 2 is 1.74 bits per heavy atom. The van der Waals surface area contributed by atoms with Gasteiger partial charge in [0.1, 0.15) is 5.75 Å². The summed E-state index contributed by atoms with van der Waals surface area (Å²) in [5.74, 6) is -0.193. The topological polar surface area (TPSA) is 53.0 Å². The first-order valence-corrected chi connectivity index (χ1v) is 9.54. The van der Waals surface area contributed by atoms with Crippen LogP contribution in [0.2, 0.25) is 0 Å². The normalized spacial score (nSPS) is 15.0. The standard InChI is InChI=1S/C22H28N2O3/c1-17-5-3-6-21(18(17)2)24-14-12-23(13-15-24)11-4-16-27-20-9-7-19(8-10-20)22(25)26/h3,5-10H,4,11-16H2,1-2H3,(H,25,26). The van der Waals surface area contributed by atoms with Gasteiger partial charge in [-0.2, -0.15) is 0 Å². The number of rotatable bonds is 7. The SMILES string of the molecule is Cc1cccc(N2CCN(CCCOc3ccc(C(=O)O)cc3)CC2)c1C. The summed E-state index contributed by atoms with van der Waals surface area (Å²) in [5, 5.41) is 8.90. The number of ether oxygens (including phenoxy) is 1. The molecule has 1 saturated heterocycles. The number of anilines is 1. The van der Waals surface area contributed by atoms with Crippen molar-refractivity contribution >= 4 is 11.7 Å². The summed E-state index contributed by atoms with van der Waals surface area (Å²) in [6.45, 7) is 10.3. The molecule has 5 nitrogen and oxygen atoms in total. The molecule has 27 heavy (non-hydrogen) atoms. The van der Waals surface area contributed by atoms with Crippen molar-refractivity contribution in [3.05, 3.63) is 59.2 Å². The predicted molar refractivity (Wildman–Crippen MR) is 108 cm³/mol. The van der Waals surface area contributed by atoms with E-state index in [9.17, 15) is 4.79 Å². The van der Waals surface area contributed by atoms with Crippen LogP contribution in [0.3, 0.4) is 0 Å². The maximum absolute atomic E-state index is 10.8. The quantitative estimate of drug-likeness (QED) is 0.757. The van der Waals surface area contributed by atoms with Gasteiger partial charge in [0.15, 0.2) is 0 Å². The minimum absolute atomic E-state index is 0.282. The van der Waals surface area contributed by atoms with E-state index in [2.05, 4.69) is 41.8 Å². The molecular formula is C22H28N2O3. The fourth-order valence-corrected chi connectivity index (χ4v) is 3.46. The van der Waals surface area contributed by atoms with E-state index in [1.54, 1.807) is 24.3 Å². The third-order valence-corrected chi connectivity index (χ3v) is 5.28. The fourth-order valence-electron chi connectivity index (χ4n) is 3.46. The Labute approximate surface area is 161 Å². The van der Waals surface area contributed by atoms with Crippen molar-refractivity contribution in [1.82, 2.24) is 4.90 Å². The van der Waals surface area contributed by atoms with Gasteiger partial charge in [0.25, 0.3) is 0 Å². The summed E-state index contributed by atoms with van der Waals surface area (Å²) in [6.07, 6.45) is 0.962. The average Bonchev–Trinajstić information content (AvgIpc) is 2.68. The van der Waals surface area contributed by atoms with Crippen molar-refractivity contribution in [3.63, 3.8) is 0 Å². The molecule has 0 atom stereocenters. The van der Waals surface area contributed by atoms with Crippen LogP contribution in [0.5, 0.6) is 5.75 Å². The number of aromatic carboxylic acids is 1. The first-order chi connectivity index (χ1) is 13.0. The summed E-state index contributed by atoms with van der Waals surface area (Å²) in [5.41, 5.74) is 4.38. The molecule has 3 rings (SSSR count). The maximum atomic E-state index is 10.8. The Morgan fingerprint density at radius 1 is 1.04 bits per heavy atom. The Morgan fingerprint density at radius 3 is 2.41 bits per heavy atom. The van der Waals surface area contributed by atoms with Crippen molar-refractivity contribution < 1.29 is 14.6 Å². The zero-order valence-corrected chi connectivity index (χ0v) is 16.1. The summed E-state index contributed by atoms with van der Waals surface area (Å²) < 4.78 is 5.72. The van der Waals surface area contributed by atoms with Gasteiger partial charge in [-0.15, -0.1) is 0 Å². The van der Waals surface area contributed by atoms with Crippen LogP contribution < -0.4 is 9.64 Å². The second-order valence-corrected chi connectivity index (χ2v) is 7.08. The van der Waals surface area contributed by atoms with E-state index in [4.69, 9.17) is 9.84 Å². The van der Waals surface area contributed by atoms with Gasteiger partial charge in [-0.1, -0.05) is 12.1 Å². The fraction of sp³-hybridized carbons (Fsp3) is 0.409. The number of carbonyl (C=O) groups is 1. The van der Waals surface area contributed by atoms with Crippen molar-refractivity contribution in [2.75, 3.05) is 44.2 Å². The molecule has 0 amide bonds. The first-order valence-electron chi connectivity index (χ1n) is 9.54. The third kappa shape index (κ3) is 5.01. The molecule has 1 fully saturated rings. The van der Waals surface area contributed by atoms with E-state index in [-0.39, 0.29) is 5.56 Å². The largest absolute Gasteiger partial charge is 0.494 e. The van der Waals surface area contributed by atoms with Gasteiger partial charge in [-0.05, 0) is 61.7 Å². The molecule has 1 heterocycles.